The molecule has 0 spiro atoms. The first-order valence-electron chi connectivity index (χ1n) is 10.4. The molecule has 2 N–H and O–H groups in total. The maximum atomic E-state index is 11.8. The summed E-state index contributed by atoms with van der Waals surface area (Å²) in [6.07, 6.45) is 3.92. The van der Waals surface area contributed by atoms with Crippen LogP contribution in [0.1, 0.15) is 12.5 Å². The molecule has 158 valence electrons. The molecule has 31 heavy (non-hydrogen) atoms. The molecule has 2 aromatic heterocycles. The van der Waals surface area contributed by atoms with Crippen LogP contribution in [-0.2, 0) is 6.54 Å². The van der Waals surface area contributed by atoms with Gasteiger partial charge in [0.1, 0.15) is 5.65 Å². The molecule has 0 aliphatic rings. The Hall–Kier alpha value is -3.64. The first-order valence-corrected chi connectivity index (χ1v) is 10.4. The van der Waals surface area contributed by atoms with Crippen molar-refractivity contribution in [1.82, 2.24) is 19.6 Å². The SMILES string of the molecule is CCNC(=O)Nc1cccc(-c2cnc3cc(-c4cccc(CN(C)C)c4)ccn23)c1. The van der Waals surface area contributed by atoms with Crippen LogP contribution in [0.5, 0.6) is 0 Å². The van der Waals surface area contributed by atoms with Crippen molar-refractivity contribution in [3.63, 3.8) is 0 Å². The van der Waals surface area contributed by atoms with Crippen LogP contribution in [0, 0.1) is 0 Å². The first-order chi connectivity index (χ1) is 15.0. The van der Waals surface area contributed by atoms with Gasteiger partial charge in [-0.05, 0) is 68.0 Å². The number of pyridine rings is 1. The van der Waals surface area contributed by atoms with Gasteiger partial charge in [-0.3, -0.25) is 4.40 Å². The zero-order chi connectivity index (χ0) is 21.8. The van der Waals surface area contributed by atoms with Crippen molar-refractivity contribution < 1.29 is 4.79 Å². The van der Waals surface area contributed by atoms with Crippen LogP contribution >= 0.6 is 0 Å². The van der Waals surface area contributed by atoms with Gasteiger partial charge in [0.25, 0.3) is 0 Å². The molecule has 6 heteroatoms. The summed E-state index contributed by atoms with van der Waals surface area (Å²) in [7, 11) is 4.15. The van der Waals surface area contributed by atoms with Crippen molar-refractivity contribution in [2.24, 2.45) is 0 Å². The fourth-order valence-electron chi connectivity index (χ4n) is 3.68. The third kappa shape index (κ3) is 4.75. The number of hydrogen-bond acceptors (Lipinski definition) is 3. The molecule has 0 unspecified atom stereocenters. The zero-order valence-electron chi connectivity index (χ0n) is 18.1. The minimum Gasteiger partial charge on any atom is -0.338 e. The number of benzene rings is 2. The van der Waals surface area contributed by atoms with Gasteiger partial charge in [0.2, 0.25) is 0 Å². The van der Waals surface area contributed by atoms with Crippen LogP contribution in [0.3, 0.4) is 0 Å². The molecule has 0 bridgehead atoms. The van der Waals surface area contributed by atoms with E-state index < -0.39 is 0 Å². The van der Waals surface area contributed by atoms with Gasteiger partial charge in [-0.1, -0.05) is 30.3 Å². The highest BCUT2D eigenvalue weighted by Crippen LogP contribution is 2.27. The van der Waals surface area contributed by atoms with E-state index in [2.05, 4.69) is 81.6 Å². The standard InChI is InChI=1S/C25H27N5O/c1-4-26-25(31)28-22-10-6-9-21(14-22)23-16-27-24-15-20(11-12-30(23)24)19-8-5-7-18(13-19)17-29(2)3/h5-16H,4,17H2,1-3H3,(H2,26,28,31). The van der Waals surface area contributed by atoms with Gasteiger partial charge in [-0.25, -0.2) is 9.78 Å². The van der Waals surface area contributed by atoms with E-state index in [1.165, 1.54) is 11.1 Å². The molecule has 0 saturated carbocycles. The zero-order valence-corrected chi connectivity index (χ0v) is 18.1. The normalized spacial score (nSPS) is 11.1. The van der Waals surface area contributed by atoms with Gasteiger partial charge < -0.3 is 15.5 Å². The van der Waals surface area contributed by atoms with Crippen LogP contribution in [0.15, 0.2) is 73.1 Å². The number of rotatable bonds is 6. The fraction of sp³-hybridized carbons (Fsp3) is 0.200. The Morgan fingerprint density at radius 3 is 2.58 bits per heavy atom. The smallest absolute Gasteiger partial charge is 0.319 e. The molecule has 0 atom stereocenters. The van der Waals surface area contributed by atoms with Crippen molar-refractivity contribution in [1.29, 1.82) is 0 Å². The first kappa shape index (κ1) is 20.6. The third-order valence-corrected chi connectivity index (χ3v) is 5.03. The van der Waals surface area contributed by atoms with E-state index in [4.69, 9.17) is 0 Å². The molecule has 2 aromatic carbocycles. The lowest BCUT2D eigenvalue weighted by atomic mass is 10.0. The van der Waals surface area contributed by atoms with Crippen LogP contribution < -0.4 is 10.6 Å². The lowest BCUT2D eigenvalue weighted by molar-refractivity contribution is 0.252. The van der Waals surface area contributed by atoms with Crippen molar-refractivity contribution in [3.05, 3.63) is 78.6 Å². The molecule has 4 aromatic rings. The number of hydrogen-bond donors (Lipinski definition) is 2. The monoisotopic (exact) mass is 413 g/mol. The number of carbonyl (C=O) groups is 1. The molecule has 0 fully saturated rings. The van der Waals surface area contributed by atoms with Crippen molar-refractivity contribution in [2.45, 2.75) is 13.5 Å². The molecule has 0 radical (unpaired) electrons. The summed E-state index contributed by atoms with van der Waals surface area (Å²) in [6, 6.07) is 20.4. The van der Waals surface area contributed by atoms with Crippen molar-refractivity contribution in [2.75, 3.05) is 26.0 Å². The van der Waals surface area contributed by atoms with Gasteiger partial charge in [-0.2, -0.15) is 0 Å². The fourth-order valence-corrected chi connectivity index (χ4v) is 3.68. The van der Waals surface area contributed by atoms with E-state index in [1.54, 1.807) is 0 Å². The highest BCUT2D eigenvalue weighted by molar-refractivity contribution is 5.90. The number of urea groups is 1. The summed E-state index contributed by atoms with van der Waals surface area (Å²) in [5, 5.41) is 5.60. The predicted molar refractivity (Wildman–Crippen MR) is 126 cm³/mol. The second-order valence-corrected chi connectivity index (χ2v) is 7.79. The highest BCUT2D eigenvalue weighted by Gasteiger charge is 2.09. The maximum Gasteiger partial charge on any atom is 0.319 e. The number of carbonyl (C=O) groups excluding carboxylic acids is 1. The second kappa shape index (κ2) is 9.02. The average molecular weight is 414 g/mol. The van der Waals surface area contributed by atoms with Gasteiger partial charge >= 0.3 is 6.03 Å². The van der Waals surface area contributed by atoms with Crippen molar-refractivity contribution in [3.8, 4) is 22.4 Å². The third-order valence-electron chi connectivity index (χ3n) is 5.03. The molecule has 2 amide bonds. The van der Waals surface area contributed by atoms with Crippen LogP contribution in [-0.4, -0.2) is 41.0 Å². The largest absolute Gasteiger partial charge is 0.338 e. The molecular formula is C25H27N5O. The lowest BCUT2D eigenvalue weighted by Gasteiger charge is -2.11. The number of aromatic nitrogens is 2. The number of fused-ring (bicyclic) bond motifs is 1. The quantitative estimate of drug-likeness (QED) is 0.474. The van der Waals surface area contributed by atoms with Gasteiger partial charge in [0.05, 0.1) is 11.9 Å². The Morgan fingerprint density at radius 2 is 1.77 bits per heavy atom. The van der Waals surface area contributed by atoms with E-state index in [-0.39, 0.29) is 6.03 Å². The molecule has 0 aliphatic heterocycles. The van der Waals surface area contributed by atoms with E-state index in [1.807, 2.05) is 37.4 Å². The molecule has 0 aliphatic carbocycles. The Kier molecular flexibility index (Phi) is 6.00. The Labute approximate surface area is 182 Å². The number of imidazole rings is 1. The second-order valence-electron chi connectivity index (χ2n) is 7.79. The average Bonchev–Trinajstić information content (AvgIpc) is 3.17. The number of nitrogens with one attached hydrogen (secondary N) is 2. The Balaban J connectivity index is 1.64. The molecular weight excluding hydrogens is 386 g/mol. The Bertz CT molecular complexity index is 1210. The van der Waals surface area contributed by atoms with Crippen LogP contribution in [0.2, 0.25) is 0 Å². The van der Waals surface area contributed by atoms with Gasteiger partial charge in [0.15, 0.2) is 0 Å². The minimum absolute atomic E-state index is 0.209. The summed E-state index contributed by atoms with van der Waals surface area (Å²) in [5.41, 5.74) is 7.18. The maximum absolute atomic E-state index is 11.8. The summed E-state index contributed by atoms with van der Waals surface area (Å²) in [6.45, 7) is 3.38. The number of nitrogens with zero attached hydrogens (tertiary/aromatic N) is 3. The summed E-state index contributed by atoms with van der Waals surface area (Å²) in [4.78, 5) is 18.6. The van der Waals surface area contributed by atoms with E-state index in [0.29, 0.717) is 6.54 Å². The van der Waals surface area contributed by atoms with Gasteiger partial charge in [-0.15, -0.1) is 0 Å². The molecule has 2 heterocycles. The highest BCUT2D eigenvalue weighted by atomic mass is 16.2. The number of amides is 2. The van der Waals surface area contributed by atoms with E-state index in [9.17, 15) is 4.79 Å². The van der Waals surface area contributed by atoms with E-state index in [0.717, 1.165) is 34.7 Å². The van der Waals surface area contributed by atoms with E-state index >= 15 is 0 Å². The minimum atomic E-state index is -0.209. The summed E-state index contributed by atoms with van der Waals surface area (Å²) in [5.74, 6) is 0. The Morgan fingerprint density at radius 1 is 1.00 bits per heavy atom. The topological polar surface area (TPSA) is 61.7 Å². The van der Waals surface area contributed by atoms with Crippen LogP contribution in [0.4, 0.5) is 10.5 Å². The summed E-state index contributed by atoms with van der Waals surface area (Å²) >= 11 is 0. The molecule has 0 saturated heterocycles. The molecule has 6 nitrogen and oxygen atoms in total. The van der Waals surface area contributed by atoms with Crippen molar-refractivity contribution >= 4 is 17.4 Å². The number of anilines is 1. The molecule has 4 rings (SSSR count). The van der Waals surface area contributed by atoms with Gasteiger partial charge in [0, 0.05) is 30.5 Å². The lowest BCUT2D eigenvalue weighted by Crippen LogP contribution is -2.28. The predicted octanol–water partition coefficient (Wildman–Crippen LogP) is 4.87. The summed E-state index contributed by atoms with van der Waals surface area (Å²) < 4.78 is 2.07. The van der Waals surface area contributed by atoms with Crippen LogP contribution in [0.25, 0.3) is 28.0 Å².